The van der Waals surface area contributed by atoms with Crippen LogP contribution in [0.15, 0.2) is 28.9 Å². The molecule has 3 aromatic rings. The minimum Gasteiger partial charge on any atom is -0.346 e. The molecule has 156 valence electrons. The first-order valence-corrected chi connectivity index (χ1v) is 10.7. The Morgan fingerprint density at radius 3 is 2.69 bits per heavy atom. The molecule has 1 aromatic carbocycles. The molecule has 1 fully saturated rings. The average Bonchev–Trinajstić information content (AvgIpc) is 3.18. The molecule has 0 unspecified atom stereocenters. The number of benzene rings is 1. The van der Waals surface area contributed by atoms with Gasteiger partial charge in [0, 0.05) is 35.8 Å². The molecule has 0 bridgehead atoms. The summed E-state index contributed by atoms with van der Waals surface area (Å²) < 4.78 is 71.2. The predicted octanol–water partition coefficient (Wildman–Crippen LogP) is 3.49. The predicted molar refractivity (Wildman–Crippen MR) is 99.5 cm³/mol. The number of aryl methyl sites for hydroxylation is 1. The van der Waals surface area contributed by atoms with Gasteiger partial charge in [0.15, 0.2) is 0 Å². The number of alkyl halides is 3. The van der Waals surface area contributed by atoms with Gasteiger partial charge in [-0.05, 0) is 31.4 Å². The number of sulfonamides is 1. The lowest BCUT2D eigenvalue weighted by atomic mass is 10.0. The normalized spacial score (nSPS) is 15.7. The number of nitrogens with zero attached hydrogens (tertiary/aromatic N) is 3. The number of rotatable bonds is 6. The summed E-state index contributed by atoms with van der Waals surface area (Å²) in [6, 6.07) is 5.08. The van der Waals surface area contributed by atoms with Gasteiger partial charge in [0.25, 0.3) is 0 Å². The Hall–Kier alpha value is -2.40. The highest BCUT2D eigenvalue weighted by atomic mass is 32.2. The van der Waals surface area contributed by atoms with Crippen molar-refractivity contribution >= 4 is 20.9 Å². The van der Waals surface area contributed by atoms with E-state index in [-0.39, 0.29) is 17.6 Å². The number of hydrogen-bond acceptors (Lipinski definition) is 5. The summed E-state index contributed by atoms with van der Waals surface area (Å²) in [5.74, 6) is -1.56. The zero-order valence-corrected chi connectivity index (χ0v) is 16.3. The van der Waals surface area contributed by atoms with E-state index in [1.165, 1.54) is 0 Å². The van der Waals surface area contributed by atoms with E-state index in [0.717, 1.165) is 22.9 Å². The second kappa shape index (κ2) is 7.13. The first kappa shape index (κ1) is 19.9. The quantitative estimate of drug-likeness (QED) is 0.649. The molecule has 0 spiro atoms. The Bertz CT molecular complexity index is 1150. The van der Waals surface area contributed by atoms with E-state index in [2.05, 4.69) is 19.4 Å². The van der Waals surface area contributed by atoms with Crippen LogP contribution in [0.4, 0.5) is 13.2 Å². The summed E-state index contributed by atoms with van der Waals surface area (Å²) >= 11 is 0. The van der Waals surface area contributed by atoms with E-state index < -0.39 is 22.1 Å². The van der Waals surface area contributed by atoms with Crippen molar-refractivity contribution < 1.29 is 26.1 Å². The number of fused-ring (bicyclic) bond motifs is 1. The monoisotopic (exact) mass is 428 g/mol. The van der Waals surface area contributed by atoms with Crippen molar-refractivity contribution in [2.75, 3.05) is 6.54 Å². The summed E-state index contributed by atoms with van der Waals surface area (Å²) in [6.07, 6.45) is -0.515. The molecule has 4 rings (SSSR count). The highest BCUT2D eigenvalue weighted by molar-refractivity contribution is 7.90. The van der Waals surface area contributed by atoms with Gasteiger partial charge in [0.05, 0.1) is 5.25 Å². The second-order valence-electron chi connectivity index (χ2n) is 7.15. The standard InChI is InChI=1S/C18H19F3N4O3S/c1-11-10-25(8-7-22-29(26,27)13-3-2-4-13)15-9-12(5-6-14(11)15)16-23-17(28-24-16)18(19,20)21/h5-6,9-10,13,22H,2-4,7-8H2,1H3. The van der Waals surface area contributed by atoms with Crippen LogP contribution in [0.5, 0.6) is 0 Å². The van der Waals surface area contributed by atoms with Crippen molar-refractivity contribution in [3.8, 4) is 11.4 Å². The van der Waals surface area contributed by atoms with Gasteiger partial charge in [-0.2, -0.15) is 18.2 Å². The SMILES string of the molecule is Cc1cn(CCNS(=O)(=O)C2CCC2)c2cc(-c3noc(C(F)(F)F)n3)ccc12. The Labute approximate surface area is 164 Å². The van der Waals surface area contributed by atoms with Crippen LogP contribution in [-0.4, -0.2) is 34.9 Å². The zero-order chi connectivity index (χ0) is 20.8. The van der Waals surface area contributed by atoms with Crippen LogP contribution in [-0.2, 0) is 22.7 Å². The van der Waals surface area contributed by atoms with Crippen LogP contribution in [0.3, 0.4) is 0 Å². The minimum atomic E-state index is -4.70. The highest BCUT2D eigenvalue weighted by Gasteiger charge is 2.38. The summed E-state index contributed by atoms with van der Waals surface area (Å²) in [5, 5.41) is 4.02. The summed E-state index contributed by atoms with van der Waals surface area (Å²) in [7, 11) is -3.30. The third-order valence-corrected chi connectivity index (χ3v) is 7.11. The molecule has 0 saturated heterocycles. The largest absolute Gasteiger partial charge is 0.471 e. The van der Waals surface area contributed by atoms with Gasteiger partial charge < -0.3 is 9.09 Å². The molecule has 11 heteroatoms. The number of hydrogen-bond donors (Lipinski definition) is 1. The fraction of sp³-hybridized carbons (Fsp3) is 0.444. The Morgan fingerprint density at radius 1 is 1.31 bits per heavy atom. The second-order valence-corrected chi connectivity index (χ2v) is 9.20. The van der Waals surface area contributed by atoms with Crippen molar-refractivity contribution in [1.29, 1.82) is 0 Å². The van der Waals surface area contributed by atoms with Crippen molar-refractivity contribution in [3.05, 3.63) is 35.9 Å². The summed E-state index contributed by atoms with van der Waals surface area (Å²) in [4.78, 5) is 3.42. The van der Waals surface area contributed by atoms with Gasteiger partial charge in [-0.15, -0.1) is 0 Å². The van der Waals surface area contributed by atoms with Crippen LogP contribution in [0, 0.1) is 6.92 Å². The summed E-state index contributed by atoms with van der Waals surface area (Å²) in [5.41, 5.74) is 2.10. The van der Waals surface area contributed by atoms with E-state index in [1.54, 1.807) is 18.2 Å². The molecule has 29 heavy (non-hydrogen) atoms. The third-order valence-electron chi connectivity index (χ3n) is 5.16. The fourth-order valence-electron chi connectivity index (χ4n) is 3.36. The average molecular weight is 428 g/mol. The molecule has 0 amide bonds. The molecule has 2 aromatic heterocycles. The lowest BCUT2D eigenvalue weighted by Crippen LogP contribution is -2.39. The molecule has 1 aliphatic rings. The van der Waals surface area contributed by atoms with Crippen LogP contribution < -0.4 is 4.72 Å². The van der Waals surface area contributed by atoms with E-state index in [9.17, 15) is 21.6 Å². The lowest BCUT2D eigenvalue weighted by Gasteiger charge is -2.25. The number of halogens is 3. The number of nitrogens with one attached hydrogen (secondary N) is 1. The molecular formula is C18H19F3N4O3S. The van der Waals surface area contributed by atoms with E-state index in [0.29, 0.717) is 24.9 Å². The lowest BCUT2D eigenvalue weighted by molar-refractivity contribution is -0.159. The van der Waals surface area contributed by atoms with Crippen LogP contribution in [0.2, 0.25) is 0 Å². The molecule has 1 saturated carbocycles. The minimum absolute atomic E-state index is 0.157. The molecule has 0 radical (unpaired) electrons. The van der Waals surface area contributed by atoms with Crippen molar-refractivity contribution in [1.82, 2.24) is 19.4 Å². The van der Waals surface area contributed by atoms with Crippen LogP contribution in [0.25, 0.3) is 22.3 Å². The maximum Gasteiger partial charge on any atom is 0.471 e. The van der Waals surface area contributed by atoms with Gasteiger partial charge in [-0.3, -0.25) is 0 Å². The zero-order valence-electron chi connectivity index (χ0n) is 15.5. The third kappa shape index (κ3) is 3.88. The number of aromatic nitrogens is 3. The first-order valence-electron chi connectivity index (χ1n) is 9.14. The Kier molecular flexibility index (Phi) is 4.89. The van der Waals surface area contributed by atoms with E-state index >= 15 is 0 Å². The van der Waals surface area contributed by atoms with E-state index in [1.807, 2.05) is 17.7 Å². The smallest absolute Gasteiger partial charge is 0.346 e. The van der Waals surface area contributed by atoms with Crippen LogP contribution in [0.1, 0.15) is 30.7 Å². The van der Waals surface area contributed by atoms with Gasteiger partial charge in [-0.25, -0.2) is 13.1 Å². The Balaban J connectivity index is 1.57. The molecule has 0 atom stereocenters. The topological polar surface area (TPSA) is 90.0 Å². The molecule has 1 aliphatic carbocycles. The molecule has 0 aliphatic heterocycles. The molecule has 1 N–H and O–H groups in total. The van der Waals surface area contributed by atoms with Gasteiger partial charge in [0.2, 0.25) is 15.8 Å². The van der Waals surface area contributed by atoms with Gasteiger partial charge >= 0.3 is 12.1 Å². The van der Waals surface area contributed by atoms with Crippen LogP contribution >= 0.6 is 0 Å². The Morgan fingerprint density at radius 2 is 2.07 bits per heavy atom. The van der Waals surface area contributed by atoms with Crippen molar-refractivity contribution in [2.45, 2.75) is 44.2 Å². The van der Waals surface area contributed by atoms with Crippen molar-refractivity contribution in [2.24, 2.45) is 0 Å². The molecular weight excluding hydrogens is 409 g/mol. The molecule has 7 nitrogen and oxygen atoms in total. The maximum absolute atomic E-state index is 12.7. The highest BCUT2D eigenvalue weighted by Crippen LogP contribution is 2.31. The fourth-order valence-corrected chi connectivity index (χ4v) is 4.93. The van der Waals surface area contributed by atoms with Crippen molar-refractivity contribution in [3.63, 3.8) is 0 Å². The molecule has 2 heterocycles. The van der Waals surface area contributed by atoms with Gasteiger partial charge in [0.1, 0.15) is 0 Å². The maximum atomic E-state index is 12.7. The first-order chi connectivity index (χ1) is 13.6. The van der Waals surface area contributed by atoms with Gasteiger partial charge in [-0.1, -0.05) is 23.7 Å². The summed E-state index contributed by atoms with van der Waals surface area (Å²) in [6.45, 7) is 2.53. The van der Waals surface area contributed by atoms with E-state index in [4.69, 9.17) is 0 Å².